The summed E-state index contributed by atoms with van der Waals surface area (Å²) in [6, 6.07) is 7.60. The van der Waals surface area contributed by atoms with Crippen LogP contribution in [0.25, 0.3) is 0 Å². The summed E-state index contributed by atoms with van der Waals surface area (Å²) in [5.74, 6) is 1.86. The number of carbonyl (C=O) groups is 1. The van der Waals surface area contributed by atoms with E-state index in [9.17, 15) is 4.79 Å². The Balaban J connectivity index is 2.00. The van der Waals surface area contributed by atoms with Crippen molar-refractivity contribution in [3.63, 3.8) is 0 Å². The number of pyridine rings is 1. The number of aryl methyl sites for hydroxylation is 1. The number of carbonyl (C=O) groups excluding carboxylic acids is 1. The van der Waals surface area contributed by atoms with Gasteiger partial charge in [0.05, 0.1) is 18.0 Å². The summed E-state index contributed by atoms with van der Waals surface area (Å²) in [4.78, 5) is 18.3. The molecule has 0 radical (unpaired) electrons. The molecule has 0 aliphatic carbocycles. The van der Waals surface area contributed by atoms with E-state index >= 15 is 0 Å². The van der Waals surface area contributed by atoms with Crippen molar-refractivity contribution in [3.05, 3.63) is 53.2 Å². The van der Waals surface area contributed by atoms with Crippen LogP contribution in [-0.4, -0.2) is 29.1 Å². The number of aromatic nitrogens is 1. The van der Waals surface area contributed by atoms with Crippen molar-refractivity contribution in [3.8, 4) is 0 Å². The molecule has 0 saturated carbocycles. The van der Waals surface area contributed by atoms with Gasteiger partial charge in [0.1, 0.15) is 5.76 Å². The van der Waals surface area contributed by atoms with Crippen molar-refractivity contribution in [2.45, 2.75) is 25.6 Å². The molecule has 5 heteroatoms. The number of hydrogen-bond acceptors (Lipinski definition) is 4. The number of amides is 1. The van der Waals surface area contributed by atoms with E-state index in [0.717, 1.165) is 23.6 Å². The Bertz CT molecular complexity index is 593. The summed E-state index contributed by atoms with van der Waals surface area (Å²) >= 11 is 1.67. The fraction of sp³-hybridized carbons (Fsp3) is 0.375. The average Bonchev–Trinajstić information content (AvgIpc) is 2.96. The molecule has 0 aliphatic heterocycles. The Kier molecular flexibility index (Phi) is 5.44. The predicted molar refractivity (Wildman–Crippen MR) is 85.3 cm³/mol. The van der Waals surface area contributed by atoms with Crippen LogP contribution in [-0.2, 0) is 18.7 Å². The average molecular weight is 304 g/mol. The molecule has 0 fully saturated rings. The highest BCUT2D eigenvalue weighted by atomic mass is 32.2. The molecule has 0 spiro atoms. The van der Waals surface area contributed by atoms with Gasteiger partial charge in [-0.25, -0.2) is 0 Å². The van der Waals surface area contributed by atoms with E-state index in [1.807, 2.05) is 30.7 Å². The van der Waals surface area contributed by atoms with Gasteiger partial charge < -0.3 is 9.32 Å². The first kappa shape index (κ1) is 15.6. The number of nitrogens with zero attached hydrogens (tertiary/aromatic N) is 2. The lowest BCUT2D eigenvalue weighted by Gasteiger charge is -2.15. The molecular weight excluding hydrogens is 284 g/mol. The van der Waals surface area contributed by atoms with Crippen molar-refractivity contribution in [2.24, 2.45) is 0 Å². The summed E-state index contributed by atoms with van der Waals surface area (Å²) in [6.07, 6.45) is 4.82. The van der Waals surface area contributed by atoms with Crippen molar-refractivity contribution < 1.29 is 9.21 Å². The van der Waals surface area contributed by atoms with Crippen LogP contribution in [0.1, 0.15) is 34.5 Å². The zero-order valence-corrected chi connectivity index (χ0v) is 13.4. The molecule has 0 aromatic carbocycles. The molecule has 112 valence electrons. The first-order valence-corrected chi connectivity index (χ1v) is 8.30. The van der Waals surface area contributed by atoms with Crippen molar-refractivity contribution >= 4 is 17.7 Å². The highest BCUT2D eigenvalue weighted by Crippen LogP contribution is 2.15. The van der Waals surface area contributed by atoms with Crippen LogP contribution in [0.15, 0.2) is 34.9 Å². The quantitative estimate of drug-likeness (QED) is 0.821. The first-order valence-electron chi connectivity index (χ1n) is 6.91. The van der Waals surface area contributed by atoms with Gasteiger partial charge >= 0.3 is 0 Å². The van der Waals surface area contributed by atoms with Crippen molar-refractivity contribution in [2.75, 3.05) is 13.3 Å². The molecule has 0 atom stereocenters. The Morgan fingerprint density at radius 2 is 2.14 bits per heavy atom. The SMILES string of the molecule is CCc1ccc(CN(C)C(=O)c2ccc(CSC)o2)nc1. The molecule has 2 heterocycles. The molecule has 4 nitrogen and oxygen atoms in total. The van der Waals surface area contributed by atoms with Crippen LogP contribution in [0, 0.1) is 0 Å². The topological polar surface area (TPSA) is 46.3 Å². The predicted octanol–water partition coefficient (Wildman–Crippen LogP) is 3.37. The van der Waals surface area contributed by atoms with Crippen LogP contribution in [0.3, 0.4) is 0 Å². The van der Waals surface area contributed by atoms with Crippen LogP contribution < -0.4 is 0 Å². The van der Waals surface area contributed by atoms with Gasteiger partial charge in [-0.1, -0.05) is 13.0 Å². The number of thioether (sulfide) groups is 1. The summed E-state index contributed by atoms with van der Waals surface area (Å²) < 4.78 is 5.55. The van der Waals surface area contributed by atoms with Crippen LogP contribution >= 0.6 is 11.8 Å². The second-order valence-electron chi connectivity index (χ2n) is 4.87. The maximum atomic E-state index is 12.3. The second kappa shape index (κ2) is 7.31. The molecule has 0 bridgehead atoms. The van der Waals surface area contributed by atoms with Gasteiger partial charge in [-0.3, -0.25) is 9.78 Å². The third-order valence-electron chi connectivity index (χ3n) is 3.20. The fourth-order valence-corrected chi connectivity index (χ4v) is 2.41. The normalized spacial score (nSPS) is 10.6. The second-order valence-corrected chi connectivity index (χ2v) is 5.74. The van der Waals surface area contributed by atoms with E-state index in [2.05, 4.69) is 11.9 Å². The minimum atomic E-state index is -0.122. The van der Waals surface area contributed by atoms with Gasteiger partial charge in [-0.15, -0.1) is 0 Å². The number of hydrogen-bond donors (Lipinski definition) is 0. The fourth-order valence-electron chi connectivity index (χ4n) is 1.97. The lowest BCUT2D eigenvalue weighted by Crippen LogP contribution is -2.26. The zero-order valence-electron chi connectivity index (χ0n) is 12.6. The third kappa shape index (κ3) is 4.11. The van der Waals surface area contributed by atoms with Crippen LogP contribution in [0.2, 0.25) is 0 Å². The maximum Gasteiger partial charge on any atom is 0.289 e. The van der Waals surface area contributed by atoms with Gasteiger partial charge in [-0.05, 0) is 36.4 Å². The first-order chi connectivity index (χ1) is 10.1. The zero-order chi connectivity index (χ0) is 15.2. The Hall–Kier alpha value is -1.75. The molecule has 21 heavy (non-hydrogen) atoms. The summed E-state index contributed by atoms with van der Waals surface area (Å²) in [5.41, 5.74) is 2.07. The van der Waals surface area contributed by atoms with Gasteiger partial charge in [0, 0.05) is 13.2 Å². The summed E-state index contributed by atoms with van der Waals surface area (Å²) in [7, 11) is 1.76. The van der Waals surface area contributed by atoms with E-state index in [-0.39, 0.29) is 5.91 Å². The van der Waals surface area contributed by atoms with Crippen LogP contribution in [0.4, 0.5) is 0 Å². The standard InChI is InChI=1S/C16H20N2O2S/c1-4-12-5-6-13(17-9-12)10-18(2)16(19)15-8-7-14(20-15)11-21-3/h5-9H,4,10-11H2,1-3H3. The van der Waals surface area contributed by atoms with Gasteiger partial charge in [-0.2, -0.15) is 11.8 Å². The van der Waals surface area contributed by atoms with E-state index in [1.54, 1.807) is 29.8 Å². The summed E-state index contributed by atoms with van der Waals surface area (Å²) in [6.45, 7) is 2.57. The maximum absolute atomic E-state index is 12.3. The molecule has 0 saturated heterocycles. The minimum absolute atomic E-state index is 0.122. The van der Waals surface area contributed by atoms with E-state index in [1.165, 1.54) is 5.56 Å². The Morgan fingerprint density at radius 1 is 1.33 bits per heavy atom. The van der Waals surface area contributed by atoms with Crippen LogP contribution in [0.5, 0.6) is 0 Å². The molecule has 0 aliphatic rings. The highest BCUT2D eigenvalue weighted by Gasteiger charge is 2.16. The highest BCUT2D eigenvalue weighted by molar-refractivity contribution is 7.97. The number of rotatable bonds is 6. The van der Waals surface area contributed by atoms with E-state index in [4.69, 9.17) is 4.42 Å². The summed E-state index contributed by atoms with van der Waals surface area (Å²) in [5, 5.41) is 0. The smallest absolute Gasteiger partial charge is 0.289 e. The van der Waals surface area contributed by atoms with Crippen molar-refractivity contribution in [1.29, 1.82) is 0 Å². The molecule has 2 aromatic heterocycles. The molecule has 2 rings (SSSR count). The molecule has 0 N–H and O–H groups in total. The van der Waals surface area contributed by atoms with Gasteiger partial charge in [0.2, 0.25) is 0 Å². The van der Waals surface area contributed by atoms with Gasteiger partial charge in [0.15, 0.2) is 5.76 Å². The Morgan fingerprint density at radius 3 is 2.76 bits per heavy atom. The molecule has 0 unspecified atom stereocenters. The molecule has 2 aromatic rings. The van der Waals surface area contributed by atoms with Crippen molar-refractivity contribution in [1.82, 2.24) is 9.88 Å². The Labute approximate surface area is 129 Å². The lowest BCUT2D eigenvalue weighted by molar-refractivity contribution is 0.0750. The van der Waals surface area contributed by atoms with E-state index < -0.39 is 0 Å². The molecular formula is C16H20N2O2S. The third-order valence-corrected chi connectivity index (χ3v) is 3.77. The number of furan rings is 1. The monoisotopic (exact) mass is 304 g/mol. The minimum Gasteiger partial charge on any atom is -0.455 e. The van der Waals surface area contributed by atoms with E-state index in [0.29, 0.717) is 12.3 Å². The molecule has 1 amide bonds. The van der Waals surface area contributed by atoms with Gasteiger partial charge in [0.25, 0.3) is 5.91 Å². The largest absolute Gasteiger partial charge is 0.455 e. The lowest BCUT2D eigenvalue weighted by atomic mass is 10.2.